The van der Waals surface area contributed by atoms with Gasteiger partial charge in [-0.15, -0.1) is 0 Å². The Hall–Kier alpha value is -2.82. The highest BCUT2D eigenvalue weighted by Crippen LogP contribution is 2.38. The average molecular weight is 310 g/mol. The largest absolute Gasteiger partial charge is 0.504 e. The van der Waals surface area contributed by atoms with Gasteiger partial charge < -0.3 is 14.7 Å². The van der Waals surface area contributed by atoms with Gasteiger partial charge in [0.05, 0.1) is 19.1 Å². The number of allylic oxidation sites excluding steroid dienone is 1. The molecule has 0 radical (unpaired) electrons. The van der Waals surface area contributed by atoms with E-state index in [-0.39, 0.29) is 17.3 Å². The van der Waals surface area contributed by atoms with Crippen molar-refractivity contribution < 1.29 is 14.6 Å². The lowest BCUT2D eigenvalue weighted by Crippen LogP contribution is -2.36. The van der Waals surface area contributed by atoms with E-state index in [4.69, 9.17) is 4.74 Å². The Morgan fingerprint density at radius 2 is 2.26 bits per heavy atom. The molecular formula is C18H18N2O3. The zero-order valence-corrected chi connectivity index (χ0v) is 13.1. The van der Waals surface area contributed by atoms with E-state index >= 15 is 0 Å². The number of hydrogen-bond donors (Lipinski definition) is 1. The third-order valence-corrected chi connectivity index (χ3v) is 4.09. The summed E-state index contributed by atoms with van der Waals surface area (Å²) in [4.78, 5) is 19.3. The van der Waals surface area contributed by atoms with Crippen LogP contribution in [0.1, 0.15) is 17.3 Å². The number of rotatable bonds is 3. The van der Waals surface area contributed by atoms with E-state index in [0.29, 0.717) is 17.8 Å². The second kappa shape index (κ2) is 5.76. The molecule has 3 rings (SSSR count). The van der Waals surface area contributed by atoms with Gasteiger partial charge in [0.2, 0.25) is 0 Å². The number of aromatic hydroxyl groups is 1. The van der Waals surface area contributed by atoms with E-state index in [1.54, 1.807) is 18.5 Å². The molecule has 0 aliphatic carbocycles. The van der Waals surface area contributed by atoms with Gasteiger partial charge in [-0.1, -0.05) is 24.8 Å². The zero-order valence-electron chi connectivity index (χ0n) is 13.1. The molecular weight excluding hydrogens is 292 g/mol. The van der Waals surface area contributed by atoms with Crippen molar-refractivity contribution in [2.45, 2.75) is 13.0 Å². The van der Waals surface area contributed by atoms with Gasteiger partial charge in [-0.2, -0.15) is 0 Å². The lowest BCUT2D eigenvalue weighted by molar-refractivity contribution is 0.0933. The monoisotopic (exact) mass is 310 g/mol. The van der Waals surface area contributed by atoms with Crippen molar-refractivity contribution in [3.05, 3.63) is 53.6 Å². The van der Waals surface area contributed by atoms with Gasteiger partial charge in [-0.3, -0.25) is 4.79 Å². The molecule has 5 heteroatoms. The van der Waals surface area contributed by atoms with Gasteiger partial charge in [-0.25, -0.2) is 4.99 Å². The van der Waals surface area contributed by atoms with Crippen LogP contribution in [-0.4, -0.2) is 41.8 Å². The van der Waals surface area contributed by atoms with E-state index in [9.17, 15) is 9.90 Å². The highest BCUT2D eigenvalue weighted by Gasteiger charge is 2.37. The van der Waals surface area contributed by atoms with Crippen LogP contribution in [0.15, 0.2) is 53.1 Å². The summed E-state index contributed by atoms with van der Waals surface area (Å²) in [6, 6.07) is 2.55. The molecule has 1 aromatic carbocycles. The number of ether oxygens (including phenoxy) is 1. The van der Waals surface area contributed by atoms with Crippen LogP contribution >= 0.6 is 0 Å². The molecule has 0 saturated heterocycles. The van der Waals surface area contributed by atoms with Crippen LogP contribution in [0.25, 0.3) is 0 Å². The molecule has 0 fully saturated rings. The standard InChI is InChI=1S/C18H18N2O3/c1-4-6-11-9-20-10-19-14-8-15(21)16(23-3)7-13(14)18(22)17(20)12(11)5-2/h4-8,10,17,21H,2,9H2,1,3H3/b6-4-. The molecule has 5 nitrogen and oxygen atoms in total. The van der Waals surface area contributed by atoms with Crippen LogP contribution in [0, 0.1) is 0 Å². The topological polar surface area (TPSA) is 62.1 Å². The fourth-order valence-corrected chi connectivity index (χ4v) is 3.03. The number of Topliss-reactive ketones (excluding diaryl/α,β-unsaturated/α-hetero) is 1. The molecule has 1 unspecified atom stereocenters. The number of nitrogens with zero attached hydrogens (tertiary/aromatic N) is 2. The van der Waals surface area contributed by atoms with Gasteiger partial charge in [0, 0.05) is 18.2 Å². The molecule has 23 heavy (non-hydrogen) atoms. The first-order valence-electron chi connectivity index (χ1n) is 7.34. The quantitative estimate of drug-likeness (QED) is 0.932. The Bertz CT molecular complexity index is 775. The molecule has 0 bridgehead atoms. The van der Waals surface area contributed by atoms with E-state index in [1.807, 2.05) is 24.0 Å². The lowest BCUT2D eigenvalue weighted by Gasteiger charge is -2.20. The Kier molecular flexibility index (Phi) is 3.78. The van der Waals surface area contributed by atoms with Crippen LogP contribution in [0.4, 0.5) is 5.69 Å². The summed E-state index contributed by atoms with van der Waals surface area (Å²) >= 11 is 0. The van der Waals surface area contributed by atoms with Crippen LogP contribution < -0.4 is 4.74 Å². The molecule has 0 amide bonds. The zero-order chi connectivity index (χ0) is 16.6. The molecule has 118 valence electrons. The minimum absolute atomic E-state index is 0.0349. The third-order valence-electron chi connectivity index (χ3n) is 4.09. The molecule has 0 spiro atoms. The molecule has 0 saturated carbocycles. The van der Waals surface area contributed by atoms with Crippen LogP contribution in [-0.2, 0) is 0 Å². The molecule has 0 aromatic heterocycles. The second-order valence-corrected chi connectivity index (χ2v) is 5.41. The SMILES string of the molecule is C=CC1=C(/C=C\C)CN2C=Nc3cc(O)c(OC)cc3C(=O)C12. The summed E-state index contributed by atoms with van der Waals surface area (Å²) in [6.07, 6.45) is 7.32. The van der Waals surface area contributed by atoms with Crippen LogP contribution in [0.2, 0.25) is 0 Å². The minimum Gasteiger partial charge on any atom is -0.504 e. The van der Waals surface area contributed by atoms with Gasteiger partial charge in [0.15, 0.2) is 17.3 Å². The van der Waals surface area contributed by atoms with E-state index in [0.717, 1.165) is 11.1 Å². The number of carbonyl (C=O) groups excluding carboxylic acids is 1. The summed E-state index contributed by atoms with van der Waals surface area (Å²) in [7, 11) is 1.45. The lowest BCUT2D eigenvalue weighted by atomic mass is 9.95. The summed E-state index contributed by atoms with van der Waals surface area (Å²) in [5.41, 5.74) is 2.82. The molecule has 1 aromatic rings. The first kappa shape index (κ1) is 15.1. The fourth-order valence-electron chi connectivity index (χ4n) is 3.03. The van der Waals surface area contributed by atoms with Crippen molar-refractivity contribution in [2.24, 2.45) is 4.99 Å². The number of methoxy groups -OCH3 is 1. The predicted molar refractivity (Wildman–Crippen MR) is 89.7 cm³/mol. The number of phenols is 1. The Morgan fingerprint density at radius 3 is 2.91 bits per heavy atom. The third kappa shape index (κ3) is 2.34. The smallest absolute Gasteiger partial charge is 0.192 e. The minimum atomic E-state index is -0.446. The van der Waals surface area contributed by atoms with Gasteiger partial charge in [-0.05, 0) is 24.1 Å². The van der Waals surface area contributed by atoms with Crippen molar-refractivity contribution in [3.8, 4) is 11.5 Å². The van der Waals surface area contributed by atoms with E-state index in [1.165, 1.54) is 13.2 Å². The normalized spacial score (nSPS) is 19.8. The van der Waals surface area contributed by atoms with Gasteiger partial charge in [0.25, 0.3) is 0 Å². The average Bonchev–Trinajstić information content (AvgIpc) is 2.84. The van der Waals surface area contributed by atoms with Crippen molar-refractivity contribution in [2.75, 3.05) is 13.7 Å². The molecule has 1 N–H and O–H groups in total. The van der Waals surface area contributed by atoms with Crippen molar-refractivity contribution in [1.29, 1.82) is 0 Å². The number of fused-ring (bicyclic) bond motifs is 2. The molecule has 2 heterocycles. The number of ketones is 1. The molecule has 2 aliphatic rings. The summed E-state index contributed by atoms with van der Waals surface area (Å²) in [5, 5.41) is 9.90. The summed E-state index contributed by atoms with van der Waals surface area (Å²) < 4.78 is 5.11. The maximum absolute atomic E-state index is 13.1. The second-order valence-electron chi connectivity index (χ2n) is 5.41. The Morgan fingerprint density at radius 1 is 1.48 bits per heavy atom. The van der Waals surface area contributed by atoms with Crippen LogP contribution in [0.3, 0.4) is 0 Å². The first-order chi connectivity index (χ1) is 11.1. The van der Waals surface area contributed by atoms with Crippen molar-refractivity contribution in [3.63, 3.8) is 0 Å². The summed E-state index contributed by atoms with van der Waals surface area (Å²) in [5.74, 6) is 0.147. The van der Waals surface area contributed by atoms with Gasteiger partial charge >= 0.3 is 0 Å². The number of benzene rings is 1. The Labute approximate surface area is 134 Å². The molecule has 2 aliphatic heterocycles. The van der Waals surface area contributed by atoms with Crippen molar-refractivity contribution >= 4 is 17.8 Å². The predicted octanol–water partition coefficient (Wildman–Crippen LogP) is 3.00. The highest BCUT2D eigenvalue weighted by atomic mass is 16.5. The number of hydrogen-bond acceptors (Lipinski definition) is 5. The number of carbonyl (C=O) groups is 1. The number of aliphatic imine (C=N–C) groups is 1. The number of phenolic OH excluding ortho intramolecular Hbond substituents is 1. The molecule has 1 atom stereocenters. The van der Waals surface area contributed by atoms with E-state index in [2.05, 4.69) is 11.6 Å². The maximum atomic E-state index is 13.1. The van der Waals surface area contributed by atoms with Crippen LogP contribution in [0.5, 0.6) is 11.5 Å². The fraction of sp³-hybridized carbons (Fsp3) is 0.222. The maximum Gasteiger partial charge on any atom is 0.192 e. The van der Waals surface area contributed by atoms with E-state index < -0.39 is 6.04 Å². The van der Waals surface area contributed by atoms with Gasteiger partial charge in [0.1, 0.15) is 6.04 Å². The summed E-state index contributed by atoms with van der Waals surface area (Å²) in [6.45, 7) is 6.40. The Balaban J connectivity index is 2.14. The highest BCUT2D eigenvalue weighted by molar-refractivity contribution is 6.09. The van der Waals surface area contributed by atoms with Crippen molar-refractivity contribution in [1.82, 2.24) is 4.90 Å². The first-order valence-corrected chi connectivity index (χ1v) is 7.34.